The normalized spacial score (nSPS) is 10.9. The van der Waals surface area contributed by atoms with Crippen molar-refractivity contribution in [2.45, 2.75) is 6.92 Å². The SMILES string of the molecule is Cc1cc(NC(=O)c2n[nH]c3ccc(N)cc23)n(C)n1. The van der Waals surface area contributed by atoms with E-state index in [1.807, 2.05) is 6.92 Å². The average molecular weight is 270 g/mol. The number of carbonyl (C=O) groups excluding carboxylic acids is 1. The molecule has 3 aromatic rings. The standard InChI is InChI=1S/C13H14N6O/c1-7-5-11(19(2)18-7)15-13(20)12-9-6-8(14)3-4-10(9)16-17-12/h3-6H,14H2,1-2H3,(H,15,20)(H,16,17). The zero-order valence-corrected chi connectivity index (χ0v) is 11.1. The molecule has 0 atom stereocenters. The highest BCUT2D eigenvalue weighted by Gasteiger charge is 2.16. The number of carbonyl (C=O) groups is 1. The van der Waals surface area contributed by atoms with Gasteiger partial charge in [0.05, 0.1) is 11.2 Å². The first-order valence-corrected chi connectivity index (χ1v) is 6.10. The summed E-state index contributed by atoms with van der Waals surface area (Å²) in [5.41, 5.74) is 8.24. The molecule has 0 unspecified atom stereocenters. The van der Waals surface area contributed by atoms with E-state index in [0.29, 0.717) is 22.6 Å². The van der Waals surface area contributed by atoms with Crippen molar-refractivity contribution in [3.63, 3.8) is 0 Å². The molecular weight excluding hydrogens is 256 g/mol. The first kappa shape index (κ1) is 12.2. The third-order valence-electron chi connectivity index (χ3n) is 3.05. The Kier molecular flexibility index (Phi) is 2.67. The molecular formula is C13H14N6O. The fourth-order valence-electron chi connectivity index (χ4n) is 2.11. The van der Waals surface area contributed by atoms with Gasteiger partial charge in [0, 0.05) is 24.2 Å². The van der Waals surface area contributed by atoms with Gasteiger partial charge >= 0.3 is 0 Å². The molecule has 0 radical (unpaired) electrons. The summed E-state index contributed by atoms with van der Waals surface area (Å²) in [5, 5.41) is 14.5. The lowest BCUT2D eigenvalue weighted by molar-refractivity contribution is 0.102. The fraction of sp³-hybridized carbons (Fsp3) is 0.154. The van der Waals surface area contributed by atoms with Gasteiger partial charge in [-0.15, -0.1) is 0 Å². The van der Waals surface area contributed by atoms with Crippen molar-refractivity contribution in [3.8, 4) is 0 Å². The zero-order chi connectivity index (χ0) is 14.3. The van der Waals surface area contributed by atoms with Crippen LogP contribution >= 0.6 is 0 Å². The van der Waals surface area contributed by atoms with E-state index in [0.717, 1.165) is 11.2 Å². The Morgan fingerprint density at radius 1 is 1.40 bits per heavy atom. The molecule has 0 saturated heterocycles. The van der Waals surface area contributed by atoms with Crippen molar-refractivity contribution >= 4 is 28.3 Å². The van der Waals surface area contributed by atoms with Crippen molar-refractivity contribution in [3.05, 3.63) is 35.7 Å². The number of benzene rings is 1. The molecule has 102 valence electrons. The summed E-state index contributed by atoms with van der Waals surface area (Å²) in [6.07, 6.45) is 0. The summed E-state index contributed by atoms with van der Waals surface area (Å²) in [5.74, 6) is 0.317. The van der Waals surface area contributed by atoms with Gasteiger partial charge in [-0.05, 0) is 25.1 Å². The molecule has 3 rings (SSSR count). The molecule has 4 N–H and O–H groups in total. The molecule has 0 aliphatic rings. The number of rotatable bonds is 2. The molecule has 1 aromatic carbocycles. The number of amides is 1. The summed E-state index contributed by atoms with van der Waals surface area (Å²) in [4.78, 5) is 12.3. The number of aryl methyl sites for hydroxylation is 2. The second-order valence-electron chi connectivity index (χ2n) is 4.63. The fourth-order valence-corrected chi connectivity index (χ4v) is 2.11. The predicted octanol–water partition coefficient (Wildman–Crippen LogP) is 1.44. The first-order valence-electron chi connectivity index (χ1n) is 6.10. The second kappa shape index (κ2) is 4.37. The number of H-pyrrole nitrogens is 1. The highest BCUT2D eigenvalue weighted by atomic mass is 16.2. The van der Waals surface area contributed by atoms with Gasteiger partial charge in [0.15, 0.2) is 5.69 Å². The van der Waals surface area contributed by atoms with Crippen molar-refractivity contribution in [1.82, 2.24) is 20.0 Å². The van der Waals surface area contributed by atoms with Gasteiger partial charge in [0.25, 0.3) is 5.91 Å². The van der Waals surface area contributed by atoms with E-state index in [2.05, 4.69) is 20.6 Å². The topological polar surface area (TPSA) is 102 Å². The van der Waals surface area contributed by atoms with E-state index >= 15 is 0 Å². The molecule has 7 heteroatoms. The van der Waals surface area contributed by atoms with Gasteiger partial charge in [0.2, 0.25) is 0 Å². The maximum Gasteiger partial charge on any atom is 0.277 e. The third-order valence-corrected chi connectivity index (χ3v) is 3.05. The lowest BCUT2D eigenvalue weighted by Crippen LogP contribution is -2.15. The van der Waals surface area contributed by atoms with Crippen LogP contribution in [0.15, 0.2) is 24.3 Å². The third kappa shape index (κ3) is 1.99. The number of aromatic amines is 1. The van der Waals surface area contributed by atoms with Crippen LogP contribution in [0.2, 0.25) is 0 Å². The van der Waals surface area contributed by atoms with Gasteiger partial charge in [-0.25, -0.2) is 0 Å². The van der Waals surface area contributed by atoms with Crippen LogP contribution in [0, 0.1) is 6.92 Å². The molecule has 0 aliphatic carbocycles. The first-order chi connectivity index (χ1) is 9.54. The van der Waals surface area contributed by atoms with Crippen LogP contribution in [0.25, 0.3) is 10.9 Å². The van der Waals surface area contributed by atoms with E-state index in [-0.39, 0.29) is 5.91 Å². The number of nitrogens with two attached hydrogens (primary N) is 1. The summed E-state index contributed by atoms with van der Waals surface area (Å²) in [6.45, 7) is 1.86. The van der Waals surface area contributed by atoms with Crippen molar-refractivity contribution < 1.29 is 4.79 Å². The Hall–Kier alpha value is -2.83. The number of aromatic nitrogens is 4. The van der Waals surface area contributed by atoms with Gasteiger partial charge in [0.1, 0.15) is 5.82 Å². The number of anilines is 2. The Balaban J connectivity index is 1.96. The molecule has 0 bridgehead atoms. The molecule has 0 spiro atoms. The molecule has 2 heterocycles. The number of nitrogens with zero attached hydrogens (tertiary/aromatic N) is 3. The summed E-state index contributed by atoms with van der Waals surface area (Å²) >= 11 is 0. The van der Waals surface area contributed by atoms with E-state index in [1.165, 1.54) is 0 Å². The Morgan fingerprint density at radius 3 is 2.90 bits per heavy atom. The van der Waals surface area contributed by atoms with Gasteiger partial charge in [-0.2, -0.15) is 10.2 Å². The largest absolute Gasteiger partial charge is 0.399 e. The second-order valence-corrected chi connectivity index (χ2v) is 4.63. The quantitative estimate of drug-likeness (QED) is 0.613. The summed E-state index contributed by atoms with van der Waals surface area (Å²) < 4.78 is 1.61. The molecule has 7 nitrogen and oxygen atoms in total. The predicted molar refractivity (Wildman–Crippen MR) is 76.4 cm³/mol. The number of fused-ring (bicyclic) bond motifs is 1. The Labute approximate surface area is 114 Å². The Bertz CT molecular complexity index is 800. The lowest BCUT2D eigenvalue weighted by Gasteiger charge is -2.03. The summed E-state index contributed by atoms with van der Waals surface area (Å²) in [6, 6.07) is 7.07. The number of nitrogen functional groups attached to an aromatic ring is 1. The van der Waals surface area contributed by atoms with Crippen molar-refractivity contribution in [1.29, 1.82) is 0 Å². The average Bonchev–Trinajstić information content (AvgIpc) is 2.93. The van der Waals surface area contributed by atoms with Gasteiger partial charge < -0.3 is 11.1 Å². The van der Waals surface area contributed by atoms with Crippen molar-refractivity contribution in [2.75, 3.05) is 11.1 Å². The molecule has 1 amide bonds. The van der Waals surface area contributed by atoms with E-state index in [1.54, 1.807) is 36.0 Å². The van der Waals surface area contributed by atoms with E-state index in [9.17, 15) is 4.79 Å². The molecule has 0 aliphatic heterocycles. The van der Waals surface area contributed by atoms with Crippen molar-refractivity contribution in [2.24, 2.45) is 7.05 Å². The van der Waals surface area contributed by atoms with Crippen LogP contribution in [0.1, 0.15) is 16.2 Å². The van der Waals surface area contributed by atoms with Crippen LogP contribution in [0.5, 0.6) is 0 Å². The highest BCUT2D eigenvalue weighted by Crippen LogP contribution is 2.20. The summed E-state index contributed by atoms with van der Waals surface area (Å²) in [7, 11) is 1.77. The minimum absolute atomic E-state index is 0.301. The van der Waals surface area contributed by atoms with Crippen LogP contribution in [0.4, 0.5) is 11.5 Å². The smallest absolute Gasteiger partial charge is 0.277 e. The van der Waals surface area contributed by atoms with Crippen LogP contribution in [-0.4, -0.2) is 25.9 Å². The maximum absolute atomic E-state index is 12.3. The minimum atomic E-state index is -0.301. The van der Waals surface area contributed by atoms with Crippen LogP contribution in [-0.2, 0) is 7.05 Å². The van der Waals surface area contributed by atoms with Gasteiger partial charge in [-0.3, -0.25) is 14.6 Å². The van der Waals surface area contributed by atoms with E-state index in [4.69, 9.17) is 5.73 Å². The monoisotopic (exact) mass is 270 g/mol. The molecule has 20 heavy (non-hydrogen) atoms. The number of nitrogens with one attached hydrogen (secondary N) is 2. The zero-order valence-electron chi connectivity index (χ0n) is 11.1. The molecule has 2 aromatic heterocycles. The van der Waals surface area contributed by atoms with E-state index < -0.39 is 0 Å². The van der Waals surface area contributed by atoms with Crippen LogP contribution < -0.4 is 11.1 Å². The lowest BCUT2D eigenvalue weighted by atomic mass is 10.2. The molecule has 0 fully saturated rings. The minimum Gasteiger partial charge on any atom is -0.399 e. The number of hydrogen-bond donors (Lipinski definition) is 3. The van der Waals surface area contributed by atoms with Gasteiger partial charge in [-0.1, -0.05) is 0 Å². The number of hydrogen-bond acceptors (Lipinski definition) is 4. The molecule has 0 saturated carbocycles. The highest BCUT2D eigenvalue weighted by molar-refractivity contribution is 6.11. The Morgan fingerprint density at radius 2 is 2.20 bits per heavy atom. The van der Waals surface area contributed by atoms with Crippen LogP contribution in [0.3, 0.4) is 0 Å². The maximum atomic E-state index is 12.3.